The Hall–Kier alpha value is -2.44. The number of benzene rings is 1. The monoisotopic (exact) mass is 383 g/mol. The van der Waals surface area contributed by atoms with Crippen molar-refractivity contribution in [2.75, 3.05) is 0 Å². The molecule has 3 rings (SSSR count). The maximum Gasteiger partial charge on any atom is 0.293 e. The molecule has 2 aromatic rings. The molecule has 2 unspecified atom stereocenters. The molecule has 6 heteroatoms. The van der Waals surface area contributed by atoms with Crippen LogP contribution in [0.25, 0.3) is 0 Å². The van der Waals surface area contributed by atoms with Crippen LogP contribution in [0.4, 0.5) is 4.79 Å². The molecule has 2 heterocycles. The zero-order chi connectivity index (χ0) is 18.5. The number of amides is 2. The number of thiophene rings is 1. The lowest BCUT2D eigenvalue weighted by molar-refractivity contribution is -0.127. The van der Waals surface area contributed by atoms with E-state index in [1.165, 1.54) is 16.2 Å². The fourth-order valence-corrected chi connectivity index (χ4v) is 4.30. The topological polar surface area (TPSA) is 54.5 Å². The molecular formula is C20H17NO3S2. The van der Waals surface area contributed by atoms with Crippen LogP contribution < -0.4 is 0 Å². The van der Waals surface area contributed by atoms with E-state index in [9.17, 15) is 14.4 Å². The molecule has 0 saturated carbocycles. The largest absolute Gasteiger partial charge is 0.293 e. The minimum absolute atomic E-state index is 0.215. The summed E-state index contributed by atoms with van der Waals surface area (Å²) in [5.74, 6) is -1.47. The van der Waals surface area contributed by atoms with Crippen LogP contribution in [0.1, 0.15) is 27.7 Å². The number of allylic oxidation sites excluding steroid dienone is 2. The highest BCUT2D eigenvalue weighted by Crippen LogP contribution is 2.40. The van der Waals surface area contributed by atoms with Crippen molar-refractivity contribution >= 4 is 40.0 Å². The van der Waals surface area contributed by atoms with Gasteiger partial charge in [-0.25, -0.2) is 0 Å². The van der Waals surface area contributed by atoms with E-state index in [1.807, 2.05) is 30.3 Å². The SMILES string of the molecule is C=C/C=C\SC(=O)N1C(=O)C(C(=O)c2cccs2)CC1c1ccccc1. The molecule has 26 heavy (non-hydrogen) atoms. The Morgan fingerprint density at radius 3 is 2.62 bits per heavy atom. The molecule has 1 fully saturated rings. The van der Waals surface area contributed by atoms with Crippen LogP contribution >= 0.6 is 23.1 Å². The second-order valence-electron chi connectivity index (χ2n) is 5.71. The van der Waals surface area contributed by atoms with Gasteiger partial charge in [-0.1, -0.05) is 55.1 Å². The minimum atomic E-state index is -0.827. The second kappa shape index (κ2) is 8.29. The van der Waals surface area contributed by atoms with Gasteiger partial charge in [-0.2, -0.15) is 0 Å². The van der Waals surface area contributed by atoms with Crippen LogP contribution in [-0.2, 0) is 4.79 Å². The number of nitrogens with zero attached hydrogens (tertiary/aromatic N) is 1. The fourth-order valence-electron chi connectivity index (χ4n) is 2.95. The number of carbonyl (C=O) groups is 3. The van der Waals surface area contributed by atoms with E-state index in [1.54, 1.807) is 35.1 Å². The van der Waals surface area contributed by atoms with Crippen molar-refractivity contribution < 1.29 is 14.4 Å². The average Bonchev–Trinajstić information content (AvgIpc) is 3.30. The molecular weight excluding hydrogens is 366 g/mol. The molecule has 1 aliphatic heterocycles. The predicted molar refractivity (Wildman–Crippen MR) is 105 cm³/mol. The minimum Gasteiger partial charge on any atom is -0.292 e. The number of Topliss-reactive ketones (excluding diaryl/α,β-unsaturated/α-hetero) is 1. The van der Waals surface area contributed by atoms with Gasteiger partial charge < -0.3 is 0 Å². The summed E-state index contributed by atoms with van der Waals surface area (Å²) in [5, 5.41) is 3.00. The van der Waals surface area contributed by atoms with Gasteiger partial charge in [0.2, 0.25) is 5.91 Å². The lowest BCUT2D eigenvalue weighted by Crippen LogP contribution is -2.34. The number of carbonyl (C=O) groups excluding carboxylic acids is 3. The van der Waals surface area contributed by atoms with E-state index in [2.05, 4.69) is 6.58 Å². The van der Waals surface area contributed by atoms with Gasteiger partial charge in [0.1, 0.15) is 5.92 Å². The Kier molecular flexibility index (Phi) is 5.85. The third kappa shape index (κ3) is 3.71. The van der Waals surface area contributed by atoms with Crippen molar-refractivity contribution in [3.63, 3.8) is 0 Å². The molecule has 0 radical (unpaired) electrons. The molecule has 0 aliphatic carbocycles. The van der Waals surface area contributed by atoms with Crippen LogP contribution in [0.3, 0.4) is 0 Å². The van der Waals surface area contributed by atoms with Gasteiger partial charge >= 0.3 is 0 Å². The third-order valence-corrected chi connectivity index (χ3v) is 5.73. The standard InChI is InChI=1S/C20H17NO3S2/c1-2-3-11-26-20(24)21-16(14-8-5-4-6-9-14)13-15(19(21)23)18(22)17-10-7-12-25-17/h2-12,15-16H,1,13H2/b11-3-. The Morgan fingerprint density at radius 1 is 1.19 bits per heavy atom. The molecule has 1 saturated heterocycles. The van der Waals surface area contributed by atoms with Gasteiger partial charge in [0.15, 0.2) is 5.78 Å². The summed E-state index contributed by atoms with van der Waals surface area (Å²) in [6.45, 7) is 3.56. The lowest BCUT2D eigenvalue weighted by Gasteiger charge is -2.22. The number of hydrogen-bond donors (Lipinski definition) is 0. The van der Waals surface area contributed by atoms with Gasteiger partial charge in [-0.15, -0.1) is 11.3 Å². The first-order chi connectivity index (χ1) is 12.6. The quantitative estimate of drug-likeness (QED) is 0.411. The molecule has 1 aromatic carbocycles. The van der Waals surface area contributed by atoms with E-state index in [4.69, 9.17) is 0 Å². The molecule has 0 bridgehead atoms. The zero-order valence-corrected chi connectivity index (χ0v) is 15.5. The highest BCUT2D eigenvalue weighted by atomic mass is 32.2. The number of thioether (sulfide) groups is 1. The van der Waals surface area contributed by atoms with Crippen LogP contribution in [0, 0.1) is 5.92 Å². The van der Waals surface area contributed by atoms with Crippen molar-refractivity contribution in [3.05, 3.63) is 82.4 Å². The zero-order valence-electron chi connectivity index (χ0n) is 13.9. The number of imide groups is 1. The predicted octanol–water partition coefficient (Wildman–Crippen LogP) is 5.07. The summed E-state index contributed by atoms with van der Waals surface area (Å²) in [6.07, 6.45) is 3.50. The first kappa shape index (κ1) is 18.4. The van der Waals surface area contributed by atoms with Gasteiger partial charge in [-0.05, 0) is 40.6 Å². The van der Waals surface area contributed by atoms with E-state index < -0.39 is 17.9 Å². The smallest absolute Gasteiger partial charge is 0.292 e. The van der Waals surface area contributed by atoms with Gasteiger partial charge in [-0.3, -0.25) is 19.3 Å². The Labute approximate surface area is 160 Å². The van der Waals surface area contributed by atoms with Crippen LogP contribution in [-0.4, -0.2) is 21.8 Å². The van der Waals surface area contributed by atoms with Crippen LogP contribution in [0.2, 0.25) is 0 Å². The summed E-state index contributed by atoms with van der Waals surface area (Å²) >= 11 is 2.23. The van der Waals surface area contributed by atoms with E-state index in [0.29, 0.717) is 11.3 Å². The molecule has 0 N–H and O–H groups in total. The van der Waals surface area contributed by atoms with Crippen molar-refractivity contribution in [2.45, 2.75) is 12.5 Å². The Balaban J connectivity index is 1.91. The first-order valence-electron chi connectivity index (χ1n) is 8.07. The van der Waals surface area contributed by atoms with Gasteiger partial charge in [0.05, 0.1) is 10.9 Å². The number of ketones is 1. The third-order valence-electron chi connectivity index (χ3n) is 4.15. The van der Waals surface area contributed by atoms with E-state index in [0.717, 1.165) is 17.3 Å². The normalized spacial score (nSPS) is 19.8. The number of likely N-dealkylation sites (tertiary alicyclic amines) is 1. The molecule has 2 amide bonds. The summed E-state index contributed by atoms with van der Waals surface area (Å²) in [5.41, 5.74) is 0.851. The summed E-state index contributed by atoms with van der Waals surface area (Å²) in [7, 11) is 0. The van der Waals surface area contributed by atoms with Crippen molar-refractivity contribution in [1.29, 1.82) is 0 Å². The maximum atomic E-state index is 12.9. The van der Waals surface area contributed by atoms with Gasteiger partial charge in [0.25, 0.3) is 5.24 Å². The maximum absolute atomic E-state index is 12.9. The Morgan fingerprint density at radius 2 is 1.96 bits per heavy atom. The van der Waals surface area contributed by atoms with Crippen LogP contribution in [0.5, 0.6) is 0 Å². The summed E-state index contributed by atoms with van der Waals surface area (Å²) < 4.78 is 0. The highest BCUT2D eigenvalue weighted by molar-refractivity contribution is 8.16. The van der Waals surface area contributed by atoms with E-state index in [-0.39, 0.29) is 11.0 Å². The fraction of sp³-hybridized carbons (Fsp3) is 0.150. The lowest BCUT2D eigenvalue weighted by atomic mass is 9.96. The number of rotatable bonds is 5. The molecule has 1 aromatic heterocycles. The van der Waals surface area contributed by atoms with E-state index >= 15 is 0 Å². The first-order valence-corrected chi connectivity index (χ1v) is 9.83. The Bertz CT molecular complexity index is 843. The molecule has 2 atom stereocenters. The molecule has 4 nitrogen and oxygen atoms in total. The molecule has 1 aliphatic rings. The second-order valence-corrected chi connectivity index (χ2v) is 7.52. The highest BCUT2D eigenvalue weighted by Gasteiger charge is 2.47. The summed E-state index contributed by atoms with van der Waals surface area (Å²) in [6, 6.07) is 12.4. The summed E-state index contributed by atoms with van der Waals surface area (Å²) in [4.78, 5) is 40.1. The van der Waals surface area contributed by atoms with Crippen molar-refractivity contribution in [1.82, 2.24) is 4.90 Å². The van der Waals surface area contributed by atoms with Crippen molar-refractivity contribution in [2.24, 2.45) is 5.92 Å². The molecule has 132 valence electrons. The van der Waals surface area contributed by atoms with Gasteiger partial charge in [0, 0.05) is 0 Å². The van der Waals surface area contributed by atoms with Crippen LogP contribution in [0.15, 0.2) is 72.0 Å². The average molecular weight is 383 g/mol. The molecule has 0 spiro atoms. The number of hydrogen-bond acceptors (Lipinski definition) is 5. The van der Waals surface area contributed by atoms with Crippen molar-refractivity contribution in [3.8, 4) is 0 Å².